The molecule has 7 heteroatoms. The third kappa shape index (κ3) is 3.83. The zero-order chi connectivity index (χ0) is 21.1. The summed E-state index contributed by atoms with van der Waals surface area (Å²) in [5.74, 6) is 2.07. The minimum atomic E-state index is -0.165. The Morgan fingerprint density at radius 3 is 2.77 bits per heavy atom. The monoisotopic (exact) mass is 408 g/mol. The van der Waals surface area contributed by atoms with Crippen LogP contribution in [0.15, 0.2) is 63.9 Å². The number of likely N-dealkylation sites (tertiary alicyclic amines) is 1. The van der Waals surface area contributed by atoms with Gasteiger partial charge in [-0.3, -0.25) is 9.59 Å². The molecule has 0 saturated carbocycles. The first-order chi connectivity index (χ1) is 14.6. The minimum absolute atomic E-state index is 0.0938. The van der Waals surface area contributed by atoms with E-state index in [9.17, 15) is 9.59 Å². The van der Waals surface area contributed by atoms with Crippen molar-refractivity contribution in [3.63, 3.8) is 0 Å². The summed E-state index contributed by atoms with van der Waals surface area (Å²) in [6.45, 7) is 0.926. The van der Waals surface area contributed by atoms with Gasteiger partial charge in [-0.1, -0.05) is 6.07 Å². The maximum atomic E-state index is 13.2. The van der Waals surface area contributed by atoms with Gasteiger partial charge >= 0.3 is 0 Å². The van der Waals surface area contributed by atoms with Crippen molar-refractivity contribution >= 4 is 5.91 Å². The number of ether oxygens (including phenoxy) is 2. The minimum Gasteiger partial charge on any atom is -0.497 e. The molecule has 1 aromatic carbocycles. The van der Waals surface area contributed by atoms with Crippen LogP contribution in [0.1, 0.15) is 40.8 Å². The lowest BCUT2D eigenvalue weighted by molar-refractivity contribution is 0.0699. The van der Waals surface area contributed by atoms with Gasteiger partial charge in [0.25, 0.3) is 11.5 Å². The summed E-state index contributed by atoms with van der Waals surface area (Å²) in [6.07, 6.45) is 3.44. The van der Waals surface area contributed by atoms with E-state index < -0.39 is 0 Å². The molecule has 1 aliphatic heterocycles. The molecule has 0 aliphatic carbocycles. The second-order valence-electron chi connectivity index (χ2n) is 7.20. The van der Waals surface area contributed by atoms with E-state index in [1.807, 2.05) is 23.1 Å². The van der Waals surface area contributed by atoms with E-state index in [1.54, 1.807) is 44.7 Å². The number of nitrogens with zero attached hydrogens (tertiary/aromatic N) is 2. The third-order valence-corrected chi connectivity index (χ3v) is 5.41. The number of furan rings is 1. The Balaban J connectivity index is 1.55. The molecule has 0 radical (unpaired) electrons. The lowest BCUT2D eigenvalue weighted by Crippen LogP contribution is -2.30. The highest BCUT2D eigenvalue weighted by molar-refractivity contribution is 5.92. The van der Waals surface area contributed by atoms with Crippen molar-refractivity contribution in [1.29, 1.82) is 0 Å². The number of rotatable bonds is 6. The highest BCUT2D eigenvalue weighted by Crippen LogP contribution is 2.39. The number of hydrogen-bond acceptors (Lipinski definition) is 5. The van der Waals surface area contributed by atoms with E-state index in [0.717, 1.165) is 18.4 Å². The summed E-state index contributed by atoms with van der Waals surface area (Å²) in [4.78, 5) is 26.9. The lowest BCUT2D eigenvalue weighted by atomic mass is 10.0. The van der Waals surface area contributed by atoms with Gasteiger partial charge in [0.05, 0.1) is 26.8 Å². The van der Waals surface area contributed by atoms with Crippen molar-refractivity contribution < 1.29 is 18.7 Å². The number of methoxy groups -OCH3 is 2. The molecule has 3 aromatic rings. The molecular weight excluding hydrogens is 384 g/mol. The van der Waals surface area contributed by atoms with Crippen LogP contribution in [0.5, 0.6) is 11.5 Å². The SMILES string of the molecule is COc1ccc(C2CCCN2C(=O)c2ccc(Cn3ccccc3=O)o2)c(OC)c1. The number of benzene rings is 1. The number of pyridine rings is 1. The van der Waals surface area contributed by atoms with Crippen LogP contribution in [0.25, 0.3) is 0 Å². The highest BCUT2D eigenvalue weighted by Gasteiger charge is 2.33. The summed E-state index contributed by atoms with van der Waals surface area (Å²) >= 11 is 0. The van der Waals surface area contributed by atoms with Crippen LogP contribution in [-0.4, -0.2) is 36.1 Å². The standard InChI is InChI=1S/C23H24N2O5/c1-28-16-8-10-18(21(14-16)29-2)19-6-5-13-25(19)23(27)20-11-9-17(30-20)15-24-12-4-3-7-22(24)26/h3-4,7-12,14,19H,5-6,13,15H2,1-2H3. The number of aromatic nitrogens is 1. The molecule has 0 spiro atoms. The molecule has 1 unspecified atom stereocenters. The van der Waals surface area contributed by atoms with E-state index in [4.69, 9.17) is 13.9 Å². The second kappa shape index (κ2) is 8.49. The molecule has 0 N–H and O–H groups in total. The fourth-order valence-corrected chi connectivity index (χ4v) is 3.91. The summed E-state index contributed by atoms with van der Waals surface area (Å²) in [5, 5.41) is 0. The molecule has 156 valence electrons. The van der Waals surface area contributed by atoms with Crippen LogP contribution in [0.3, 0.4) is 0 Å². The Morgan fingerprint density at radius 2 is 2.00 bits per heavy atom. The molecule has 30 heavy (non-hydrogen) atoms. The Hall–Kier alpha value is -3.48. The molecular formula is C23H24N2O5. The van der Waals surface area contributed by atoms with E-state index in [1.165, 1.54) is 10.6 Å². The van der Waals surface area contributed by atoms with Crippen LogP contribution in [0.4, 0.5) is 0 Å². The Morgan fingerprint density at radius 1 is 1.13 bits per heavy atom. The first-order valence-electron chi connectivity index (χ1n) is 9.88. The van der Waals surface area contributed by atoms with E-state index in [2.05, 4.69) is 0 Å². The summed E-state index contributed by atoms with van der Waals surface area (Å²) in [5.41, 5.74) is 0.833. The van der Waals surface area contributed by atoms with Crippen LogP contribution >= 0.6 is 0 Å². The lowest BCUT2D eigenvalue weighted by Gasteiger charge is -2.25. The molecule has 1 amide bonds. The average Bonchev–Trinajstić information content (AvgIpc) is 3.44. The summed E-state index contributed by atoms with van der Waals surface area (Å²) in [7, 11) is 3.22. The zero-order valence-electron chi connectivity index (χ0n) is 17.0. The van der Waals surface area contributed by atoms with Gasteiger partial charge in [0.1, 0.15) is 17.3 Å². The van der Waals surface area contributed by atoms with Crippen molar-refractivity contribution in [2.45, 2.75) is 25.4 Å². The Kier molecular flexibility index (Phi) is 5.61. The van der Waals surface area contributed by atoms with Gasteiger partial charge in [-0.05, 0) is 43.2 Å². The fourth-order valence-electron chi connectivity index (χ4n) is 3.91. The third-order valence-electron chi connectivity index (χ3n) is 5.41. The molecule has 3 heterocycles. The van der Waals surface area contributed by atoms with Gasteiger partial charge in [-0.2, -0.15) is 0 Å². The van der Waals surface area contributed by atoms with Crippen molar-refractivity contribution in [3.05, 3.63) is 82.2 Å². The van der Waals surface area contributed by atoms with Crippen LogP contribution in [-0.2, 0) is 6.54 Å². The van der Waals surface area contributed by atoms with Crippen LogP contribution in [0, 0.1) is 0 Å². The molecule has 4 rings (SSSR count). The first-order valence-corrected chi connectivity index (χ1v) is 9.88. The number of hydrogen-bond donors (Lipinski definition) is 0. The van der Waals surface area contributed by atoms with Gasteiger partial charge in [0.15, 0.2) is 5.76 Å². The topological polar surface area (TPSA) is 73.9 Å². The van der Waals surface area contributed by atoms with Gasteiger partial charge in [0, 0.05) is 30.4 Å². The van der Waals surface area contributed by atoms with E-state index in [-0.39, 0.29) is 29.8 Å². The van der Waals surface area contributed by atoms with Crippen molar-refractivity contribution in [3.8, 4) is 11.5 Å². The van der Waals surface area contributed by atoms with Gasteiger partial charge in [0.2, 0.25) is 0 Å². The predicted molar refractivity (Wildman–Crippen MR) is 111 cm³/mol. The Bertz CT molecular complexity index is 1100. The fraction of sp³-hybridized carbons (Fsp3) is 0.304. The molecule has 2 aromatic heterocycles. The predicted octanol–water partition coefficient (Wildman–Crippen LogP) is 3.48. The van der Waals surface area contributed by atoms with Crippen molar-refractivity contribution in [1.82, 2.24) is 9.47 Å². The van der Waals surface area contributed by atoms with Gasteiger partial charge in [-0.15, -0.1) is 0 Å². The average molecular weight is 408 g/mol. The zero-order valence-corrected chi connectivity index (χ0v) is 17.0. The van der Waals surface area contributed by atoms with Crippen molar-refractivity contribution in [2.24, 2.45) is 0 Å². The molecule has 0 bridgehead atoms. The second-order valence-corrected chi connectivity index (χ2v) is 7.20. The Labute approximate surface area is 174 Å². The van der Waals surface area contributed by atoms with Gasteiger partial charge < -0.3 is 23.4 Å². The maximum Gasteiger partial charge on any atom is 0.290 e. The molecule has 1 atom stereocenters. The highest BCUT2D eigenvalue weighted by atomic mass is 16.5. The molecule has 1 saturated heterocycles. The van der Waals surface area contributed by atoms with Crippen molar-refractivity contribution in [2.75, 3.05) is 20.8 Å². The molecule has 1 aliphatic rings. The maximum absolute atomic E-state index is 13.2. The quantitative estimate of drug-likeness (QED) is 0.624. The van der Waals surface area contributed by atoms with Gasteiger partial charge in [-0.25, -0.2) is 0 Å². The normalized spacial score (nSPS) is 15.9. The van der Waals surface area contributed by atoms with E-state index in [0.29, 0.717) is 23.8 Å². The summed E-state index contributed by atoms with van der Waals surface area (Å²) < 4.78 is 18.1. The van der Waals surface area contributed by atoms with Crippen LogP contribution < -0.4 is 15.0 Å². The molecule has 7 nitrogen and oxygen atoms in total. The number of carbonyl (C=O) groups excluding carboxylic acids is 1. The van der Waals surface area contributed by atoms with E-state index >= 15 is 0 Å². The largest absolute Gasteiger partial charge is 0.497 e. The molecule has 1 fully saturated rings. The smallest absolute Gasteiger partial charge is 0.290 e. The number of amides is 1. The summed E-state index contributed by atoms with van der Waals surface area (Å²) in [6, 6.07) is 13.9. The number of carbonyl (C=O) groups is 1. The van der Waals surface area contributed by atoms with Crippen LogP contribution in [0.2, 0.25) is 0 Å². The first kappa shape index (κ1) is 19.8.